The van der Waals surface area contributed by atoms with Crippen LogP contribution in [0, 0.1) is 5.92 Å². The number of aryl methyl sites for hydroxylation is 1. The van der Waals surface area contributed by atoms with Crippen molar-refractivity contribution in [2.24, 2.45) is 5.92 Å². The van der Waals surface area contributed by atoms with Crippen molar-refractivity contribution in [1.82, 2.24) is 10.5 Å². The van der Waals surface area contributed by atoms with E-state index < -0.39 is 17.9 Å². The highest BCUT2D eigenvalue weighted by atomic mass is 16.5. The van der Waals surface area contributed by atoms with E-state index in [1.165, 1.54) is 0 Å². The van der Waals surface area contributed by atoms with Crippen molar-refractivity contribution in [3.63, 3.8) is 0 Å². The zero-order valence-corrected chi connectivity index (χ0v) is 11.8. The first-order valence-corrected chi connectivity index (χ1v) is 7.01. The van der Waals surface area contributed by atoms with E-state index in [1.807, 2.05) is 0 Å². The molecule has 1 amide bonds. The van der Waals surface area contributed by atoms with Gasteiger partial charge in [-0.15, -0.1) is 0 Å². The third kappa shape index (κ3) is 3.00. The highest BCUT2D eigenvalue weighted by Crippen LogP contribution is 2.23. The predicted octanol–water partition coefficient (Wildman–Crippen LogP) is 1.78. The SMILES string of the molecule is CC(C)[C@H](NC(=O)c1noc2c1CCCCC2)C(=O)O. The van der Waals surface area contributed by atoms with Gasteiger partial charge in [-0.3, -0.25) is 4.79 Å². The monoisotopic (exact) mass is 280 g/mol. The lowest BCUT2D eigenvalue weighted by Gasteiger charge is -2.17. The van der Waals surface area contributed by atoms with E-state index in [0.717, 1.165) is 43.4 Å². The van der Waals surface area contributed by atoms with Crippen LogP contribution in [0.25, 0.3) is 0 Å². The van der Waals surface area contributed by atoms with Crippen LogP contribution < -0.4 is 5.32 Å². The first kappa shape index (κ1) is 14.6. The minimum atomic E-state index is -1.04. The number of fused-ring (bicyclic) bond motifs is 1. The van der Waals surface area contributed by atoms with E-state index in [2.05, 4.69) is 10.5 Å². The fraction of sp³-hybridized carbons (Fsp3) is 0.643. The first-order valence-electron chi connectivity index (χ1n) is 7.01. The van der Waals surface area contributed by atoms with Gasteiger partial charge in [0.2, 0.25) is 0 Å². The Labute approximate surface area is 117 Å². The maximum atomic E-state index is 12.2. The van der Waals surface area contributed by atoms with Crippen molar-refractivity contribution < 1.29 is 19.2 Å². The molecule has 1 atom stereocenters. The summed E-state index contributed by atoms with van der Waals surface area (Å²) in [6.07, 6.45) is 4.70. The van der Waals surface area contributed by atoms with Gasteiger partial charge in [0.25, 0.3) is 5.91 Å². The number of carbonyl (C=O) groups excluding carboxylic acids is 1. The summed E-state index contributed by atoms with van der Waals surface area (Å²) in [6.45, 7) is 3.50. The van der Waals surface area contributed by atoms with Gasteiger partial charge >= 0.3 is 5.97 Å². The lowest BCUT2D eigenvalue weighted by Crippen LogP contribution is -2.44. The van der Waals surface area contributed by atoms with Gasteiger partial charge in [0, 0.05) is 12.0 Å². The Morgan fingerprint density at radius 2 is 1.95 bits per heavy atom. The van der Waals surface area contributed by atoms with Gasteiger partial charge in [0.1, 0.15) is 11.8 Å². The average molecular weight is 280 g/mol. The van der Waals surface area contributed by atoms with Gasteiger partial charge in [-0.2, -0.15) is 0 Å². The third-order valence-corrected chi connectivity index (χ3v) is 3.63. The Balaban J connectivity index is 2.17. The second kappa shape index (κ2) is 6.07. The molecule has 1 aliphatic carbocycles. The molecule has 0 radical (unpaired) electrons. The number of nitrogens with one attached hydrogen (secondary N) is 1. The molecule has 110 valence electrons. The van der Waals surface area contributed by atoms with Crippen LogP contribution in [0.3, 0.4) is 0 Å². The zero-order chi connectivity index (χ0) is 14.7. The van der Waals surface area contributed by atoms with E-state index in [4.69, 9.17) is 9.63 Å². The number of carboxylic acids is 1. The molecule has 1 aromatic rings. The fourth-order valence-electron chi connectivity index (χ4n) is 2.46. The van der Waals surface area contributed by atoms with Gasteiger partial charge < -0.3 is 14.9 Å². The number of carbonyl (C=O) groups is 2. The van der Waals surface area contributed by atoms with Crippen LogP contribution in [-0.2, 0) is 17.6 Å². The van der Waals surface area contributed by atoms with Crippen molar-refractivity contribution >= 4 is 11.9 Å². The number of aromatic nitrogens is 1. The molecule has 0 aliphatic heterocycles. The number of hydrogen-bond acceptors (Lipinski definition) is 4. The molecule has 6 heteroatoms. The Kier molecular flexibility index (Phi) is 4.42. The lowest BCUT2D eigenvalue weighted by molar-refractivity contribution is -0.140. The number of rotatable bonds is 4. The topological polar surface area (TPSA) is 92.4 Å². The molecule has 1 heterocycles. The fourth-order valence-corrected chi connectivity index (χ4v) is 2.46. The average Bonchev–Trinajstić information content (AvgIpc) is 2.64. The summed E-state index contributed by atoms with van der Waals surface area (Å²) in [6, 6.07) is -0.916. The van der Waals surface area contributed by atoms with Crippen LogP contribution in [0.5, 0.6) is 0 Å². The number of carboxylic acid groups (broad SMARTS) is 1. The Morgan fingerprint density at radius 3 is 2.60 bits per heavy atom. The second-order valence-corrected chi connectivity index (χ2v) is 5.53. The van der Waals surface area contributed by atoms with Gasteiger partial charge in [0.15, 0.2) is 5.69 Å². The summed E-state index contributed by atoms with van der Waals surface area (Å²) in [5, 5.41) is 15.5. The second-order valence-electron chi connectivity index (χ2n) is 5.53. The molecule has 0 spiro atoms. The van der Waals surface area contributed by atoms with E-state index in [-0.39, 0.29) is 11.6 Å². The van der Waals surface area contributed by atoms with Crippen molar-refractivity contribution in [2.45, 2.75) is 52.0 Å². The molecule has 6 nitrogen and oxygen atoms in total. The van der Waals surface area contributed by atoms with E-state index in [9.17, 15) is 9.59 Å². The zero-order valence-electron chi connectivity index (χ0n) is 11.8. The summed E-state index contributed by atoms with van der Waals surface area (Å²) < 4.78 is 5.23. The molecule has 0 saturated carbocycles. The lowest BCUT2D eigenvalue weighted by atomic mass is 10.0. The van der Waals surface area contributed by atoms with E-state index >= 15 is 0 Å². The van der Waals surface area contributed by atoms with E-state index in [0.29, 0.717) is 0 Å². The van der Waals surface area contributed by atoms with Gasteiger partial charge in [-0.25, -0.2) is 4.79 Å². The molecule has 2 rings (SSSR count). The summed E-state index contributed by atoms with van der Waals surface area (Å²) in [4.78, 5) is 23.3. The highest BCUT2D eigenvalue weighted by molar-refractivity contribution is 5.96. The molecule has 20 heavy (non-hydrogen) atoms. The summed E-state index contributed by atoms with van der Waals surface area (Å²) in [5.41, 5.74) is 1.08. The van der Waals surface area contributed by atoms with Gasteiger partial charge in [-0.1, -0.05) is 25.4 Å². The van der Waals surface area contributed by atoms with Crippen molar-refractivity contribution in [3.8, 4) is 0 Å². The third-order valence-electron chi connectivity index (χ3n) is 3.63. The van der Waals surface area contributed by atoms with Gasteiger partial charge in [0.05, 0.1) is 0 Å². The number of aliphatic carboxylic acids is 1. The molecular weight excluding hydrogens is 260 g/mol. The predicted molar refractivity (Wildman–Crippen MR) is 71.5 cm³/mol. The van der Waals surface area contributed by atoms with Crippen molar-refractivity contribution in [3.05, 3.63) is 17.0 Å². The minimum Gasteiger partial charge on any atom is -0.480 e. The number of nitrogens with zero attached hydrogens (tertiary/aromatic N) is 1. The van der Waals surface area contributed by atoms with E-state index in [1.54, 1.807) is 13.8 Å². The Hall–Kier alpha value is -1.85. The van der Waals surface area contributed by atoms with Gasteiger partial charge in [-0.05, 0) is 25.2 Å². The summed E-state index contributed by atoms with van der Waals surface area (Å²) in [7, 11) is 0. The van der Waals surface area contributed by atoms with Crippen molar-refractivity contribution in [1.29, 1.82) is 0 Å². The van der Waals surface area contributed by atoms with Crippen LogP contribution in [0.2, 0.25) is 0 Å². The Bertz CT molecular complexity index is 507. The van der Waals surface area contributed by atoms with Crippen LogP contribution in [0.4, 0.5) is 0 Å². The van der Waals surface area contributed by atoms with Crippen LogP contribution in [0.15, 0.2) is 4.52 Å². The number of amides is 1. The molecule has 0 aromatic carbocycles. The molecule has 1 aromatic heterocycles. The normalized spacial score (nSPS) is 16.4. The first-order chi connectivity index (χ1) is 9.50. The molecule has 0 fully saturated rings. The molecule has 1 aliphatic rings. The van der Waals surface area contributed by atoms with Crippen LogP contribution in [0.1, 0.15) is 54.9 Å². The molecule has 0 bridgehead atoms. The Morgan fingerprint density at radius 1 is 1.25 bits per heavy atom. The highest BCUT2D eigenvalue weighted by Gasteiger charge is 2.28. The molecular formula is C14H20N2O4. The summed E-state index contributed by atoms with van der Waals surface area (Å²) in [5.74, 6) is -0.924. The maximum absolute atomic E-state index is 12.2. The van der Waals surface area contributed by atoms with Crippen LogP contribution in [-0.4, -0.2) is 28.2 Å². The maximum Gasteiger partial charge on any atom is 0.326 e. The summed E-state index contributed by atoms with van der Waals surface area (Å²) >= 11 is 0. The minimum absolute atomic E-state index is 0.193. The standard InChI is InChI=1S/C14H20N2O4/c1-8(2)11(14(18)19)15-13(17)12-9-6-4-3-5-7-10(9)20-16-12/h8,11H,3-7H2,1-2H3,(H,15,17)(H,18,19)/t11-/m0/s1. The molecule has 2 N–H and O–H groups in total. The number of hydrogen-bond donors (Lipinski definition) is 2. The molecule has 0 unspecified atom stereocenters. The molecule has 0 saturated heterocycles. The van der Waals surface area contributed by atoms with Crippen molar-refractivity contribution in [2.75, 3.05) is 0 Å². The largest absolute Gasteiger partial charge is 0.480 e. The van der Waals surface area contributed by atoms with Crippen LogP contribution >= 0.6 is 0 Å². The smallest absolute Gasteiger partial charge is 0.326 e. The quantitative estimate of drug-likeness (QED) is 0.820.